The maximum absolute atomic E-state index is 11.2. The Morgan fingerprint density at radius 2 is 2.06 bits per heavy atom. The third-order valence-electron chi connectivity index (χ3n) is 4.14. The Labute approximate surface area is 104 Å². The van der Waals surface area contributed by atoms with Gasteiger partial charge < -0.3 is 15.0 Å². The Balaban J connectivity index is 1.66. The average molecular weight is 240 g/mol. The predicted octanol–water partition coefficient (Wildman–Crippen LogP) is 1.01. The molecule has 0 spiro atoms. The molecule has 0 radical (unpaired) electrons. The van der Waals surface area contributed by atoms with Gasteiger partial charge >= 0.3 is 0 Å². The van der Waals surface area contributed by atoms with Crippen LogP contribution >= 0.6 is 0 Å². The Morgan fingerprint density at radius 1 is 1.35 bits per heavy atom. The molecular formula is C13H24N2O2. The zero-order chi connectivity index (χ0) is 12.3. The maximum atomic E-state index is 11.2. The van der Waals surface area contributed by atoms with E-state index in [1.54, 1.807) is 6.92 Å². The van der Waals surface area contributed by atoms with Gasteiger partial charge in [-0.3, -0.25) is 4.79 Å². The van der Waals surface area contributed by atoms with Gasteiger partial charge in [-0.15, -0.1) is 0 Å². The van der Waals surface area contributed by atoms with Crippen LogP contribution in [-0.4, -0.2) is 49.2 Å². The molecule has 4 nitrogen and oxygen atoms in total. The molecule has 98 valence electrons. The molecule has 2 aliphatic heterocycles. The minimum absolute atomic E-state index is 0.210. The van der Waals surface area contributed by atoms with Gasteiger partial charge in [-0.1, -0.05) is 0 Å². The molecule has 0 bridgehead atoms. The molecule has 2 unspecified atom stereocenters. The number of likely N-dealkylation sites (tertiary alicyclic amines) is 1. The standard InChI is InChI=1S/C13H24N2O2/c1-10-12(5-8-17-10)9-14-13-3-6-15(7-4-13)11(2)16/h10,12-14H,3-9H2,1-2H3. The van der Waals surface area contributed by atoms with Crippen LogP contribution in [0.2, 0.25) is 0 Å². The summed E-state index contributed by atoms with van der Waals surface area (Å²) in [6, 6.07) is 0.582. The fraction of sp³-hybridized carbons (Fsp3) is 0.923. The zero-order valence-corrected chi connectivity index (χ0v) is 10.9. The van der Waals surface area contributed by atoms with Crippen molar-refractivity contribution in [2.75, 3.05) is 26.2 Å². The average Bonchev–Trinajstić information content (AvgIpc) is 2.73. The van der Waals surface area contributed by atoms with Crippen LogP contribution in [0.3, 0.4) is 0 Å². The first-order chi connectivity index (χ1) is 8.16. The van der Waals surface area contributed by atoms with Crippen molar-refractivity contribution in [3.63, 3.8) is 0 Å². The molecule has 2 heterocycles. The van der Waals surface area contributed by atoms with Crippen molar-refractivity contribution in [1.29, 1.82) is 0 Å². The van der Waals surface area contributed by atoms with Crippen LogP contribution in [0.1, 0.15) is 33.1 Å². The molecule has 0 aliphatic carbocycles. The lowest BCUT2D eigenvalue weighted by molar-refractivity contribution is -0.129. The highest BCUT2D eigenvalue weighted by Gasteiger charge is 2.26. The number of nitrogens with zero attached hydrogens (tertiary/aromatic N) is 1. The highest BCUT2D eigenvalue weighted by atomic mass is 16.5. The normalized spacial score (nSPS) is 30.8. The van der Waals surface area contributed by atoms with E-state index in [1.165, 1.54) is 6.42 Å². The molecule has 1 amide bonds. The molecule has 2 rings (SSSR count). The predicted molar refractivity (Wildman–Crippen MR) is 66.8 cm³/mol. The van der Waals surface area contributed by atoms with Gasteiger partial charge in [-0.25, -0.2) is 0 Å². The van der Waals surface area contributed by atoms with E-state index >= 15 is 0 Å². The van der Waals surface area contributed by atoms with E-state index in [-0.39, 0.29) is 5.91 Å². The van der Waals surface area contributed by atoms with Gasteiger partial charge in [0.05, 0.1) is 6.10 Å². The van der Waals surface area contributed by atoms with E-state index in [1.807, 2.05) is 4.90 Å². The van der Waals surface area contributed by atoms with E-state index in [4.69, 9.17) is 4.74 Å². The van der Waals surface area contributed by atoms with E-state index in [2.05, 4.69) is 12.2 Å². The smallest absolute Gasteiger partial charge is 0.219 e. The number of hydrogen-bond acceptors (Lipinski definition) is 3. The first-order valence-electron chi connectivity index (χ1n) is 6.77. The summed E-state index contributed by atoms with van der Waals surface area (Å²) >= 11 is 0. The molecule has 0 aromatic rings. The highest BCUT2D eigenvalue weighted by Crippen LogP contribution is 2.20. The second kappa shape index (κ2) is 5.83. The maximum Gasteiger partial charge on any atom is 0.219 e. The highest BCUT2D eigenvalue weighted by molar-refractivity contribution is 5.73. The van der Waals surface area contributed by atoms with Crippen LogP contribution in [0.25, 0.3) is 0 Å². The first-order valence-corrected chi connectivity index (χ1v) is 6.77. The Hall–Kier alpha value is -0.610. The fourth-order valence-corrected chi connectivity index (χ4v) is 2.76. The van der Waals surface area contributed by atoms with Crippen LogP contribution in [0.4, 0.5) is 0 Å². The Bertz CT molecular complexity index is 262. The van der Waals surface area contributed by atoms with Gasteiger partial charge in [0.15, 0.2) is 0 Å². The van der Waals surface area contributed by atoms with Gasteiger partial charge in [-0.2, -0.15) is 0 Å². The van der Waals surface area contributed by atoms with Crippen molar-refractivity contribution in [1.82, 2.24) is 10.2 Å². The summed E-state index contributed by atoms with van der Waals surface area (Å²) in [6.45, 7) is 7.61. The number of amides is 1. The number of ether oxygens (including phenoxy) is 1. The van der Waals surface area contributed by atoms with Crippen molar-refractivity contribution in [2.24, 2.45) is 5.92 Å². The molecule has 17 heavy (non-hydrogen) atoms. The van der Waals surface area contributed by atoms with E-state index in [0.717, 1.165) is 39.1 Å². The number of hydrogen-bond donors (Lipinski definition) is 1. The molecule has 0 aromatic heterocycles. The number of carbonyl (C=O) groups is 1. The molecule has 2 atom stereocenters. The van der Waals surface area contributed by atoms with Crippen molar-refractivity contribution in [3.8, 4) is 0 Å². The number of carbonyl (C=O) groups excluding carboxylic acids is 1. The lowest BCUT2D eigenvalue weighted by Gasteiger charge is -2.32. The van der Waals surface area contributed by atoms with Gasteiger partial charge in [-0.05, 0) is 32.1 Å². The SMILES string of the molecule is CC(=O)N1CCC(NCC2CCOC2C)CC1. The minimum Gasteiger partial charge on any atom is -0.378 e. The second-order valence-corrected chi connectivity index (χ2v) is 5.31. The topological polar surface area (TPSA) is 41.6 Å². The monoisotopic (exact) mass is 240 g/mol. The van der Waals surface area contributed by atoms with Crippen LogP contribution in [0, 0.1) is 5.92 Å². The molecule has 2 aliphatic rings. The van der Waals surface area contributed by atoms with Crippen molar-refractivity contribution < 1.29 is 9.53 Å². The fourth-order valence-electron chi connectivity index (χ4n) is 2.76. The molecule has 2 fully saturated rings. The quantitative estimate of drug-likeness (QED) is 0.800. The summed E-state index contributed by atoms with van der Waals surface area (Å²) in [7, 11) is 0. The van der Waals surface area contributed by atoms with E-state index < -0.39 is 0 Å². The number of nitrogens with one attached hydrogen (secondary N) is 1. The molecule has 2 saturated heterocycles. The van der Waals surface area contributed by atoms with Crippen molar-refractivity contribution in [2.45, 2.75) is 45.3 Å². The number of rotatable bonds is 3. The Morgan fingerprint density at radius 3 is 2.59 bits per heavy atom. The molecule has 4 heteroatoms. The molecular weight excluding hydrogens is 216 g/mol. The second-order valence-electron chi connectivity index (χ2n) is 5.31. The largest absolute Gasteiger partial charge is 0.378 e. The lowest BCUT2D eigenvalue weighted by atomic mass is 10.00. The molecule has 0 aromatic carbocycles. The minimum atomic E-state index is 0.210. The van der Waals surface area contributed by atoms with Gasteiger partial charge in [0.1, 0.15) is 0 Å². The van der Waals surface area contributed by atoms with Gasteiger partial charge in [0.25, 0.3) is 0 Å². The first kappa shape index (κ1) is 12.8. The van der Waals surface area contributed by atoms with Gasteiger partial charge in [0.2, 0.25) is 5.91 Å². The molecule has 0 saturated carbocycles. The summed E-state index contributed by atoms with van der Waals surface area (Å²) in [6.07, 6.45) is 3.75. The van der Waals surface area contributed by atoms with Crippen LogP contribution < -0.4 is 5.32 Å². The van der Waals surface area contributed by atoms with Gasteiger partial charge in [0, 0.05) is 39.2 Å². The third-order valence-corrected chi connectivity index (χ3v) is 4.14. The summed E-state index contributed by atoms with van der Waals surface area (Å²) < 4.78 is 5.56. The Kier molecular flexibility index (Phi) is 4.40. The van der Waals surface area contributed by atoms with Crippen LogP contribution in [0.5, 0.6) is 0 Å². The summed E-state index contributed by atoms with van der Waals surface area (Å²) in [5.74, 6) is 0.877. The van der Waals surface area contributed by atoms with Crippen molar-refractivity contribution in [3.05, 3.63) is 0 Å². The summed E-state index contributed by atoms with van der Waals surface area (Å²) in [5.41, 5.74) is 0. The zero-order valence-electron chi connectivity index (χ0n) is 10.9. The lowest BCUT2D eigenvalue weighted by Crippen LogP contribution is -2.45. The van der Waals surface area contributed by atoms with Crippen LogP contribution in [-0.2, 0) is 9.53 Å². The van der Waals surface area contributed by atoms with E-state index in [9.17, 15) is 4.79 Å². The number of piperidine rings is 1. The third kappa shape index (κ3) is 3.42. The van der Waals surface area contributed by atoms with Crippen molar-refractivity contribution >= 4 is 5.91 Å². The van der Waals surface area contributed by atoms with Crippen LogP contribution in [0.15, 0.2) is 0 Å². The van der Waals surface area contributed by atoms with E-state index in [0.29, 0.717) is 18.1 Å². The summed E-state index contributed by atoms with van der Waals surface area (Å²) in [5, 5.41) is 3.64. The molecule has 1 N–H and O–H groups in total. The summed E-state index contributed by atoms with van der Waals surface area (Å²) in [4.78, 5) is 13.1.